The highest BCUT2D eigenvalue weighted by molar-refractivity contribution is 5.27. The molecule has 24 heavy (non-hydrogen) atoms. The van der Waals surface area contributed by atoms with Crippen LogP contribution in [0.1, 0.15) is 16.7 Å². The van der Waals surface area contributed by atoms with Gasteiger partial charge in [0.2, 0.25) is 5.88 Å². The highest BCUT2D eigenvalue weighted by Gasteiger charge is 2.00. The second-order valence-corrected chi connectivity index (χ2v) is 5.55. The standard InChI is InChI=1S/C20H20N2O2/c23-19-8-4-7-17(11-19)13-21-14-18-9-10-22-20(12-18)24-15-16-5-2-1-3-6-16/h1-12,21,23H,13-15H2. The Labute approximate surface area is 141 Å². The van der Waals surface area contributed by atoms with Gasteiger partial charge in [0.25, 0.3) is 0 Å². The Morgan fingerprint density at radius 3 is 2.38 bits per heavy atom. The van der Waals surface area contributed by atoms with E-state index in [9.17, 15) is 5.11 Å². The van der Waals surface area contributed by atoms with Crippen molar-refractivity contribution in [1.82, 2.24) is 10.3 Å². The van der Waals surface area contributed by atoms with Crippen molar-refractivity contribution in [2.24, 2.45) is 0 Å². The molecule has 0 bridgehead atoms. The Morgan fingerprint density at radius 1 is 0.833 bits per heavy atom. The smallest absolute Gasteiger partial charge is 0.213 e. The van der Waals surface area contributed by atoms with Gasteiger partial charge in [-0.15, -0.1) is 0 Å². The maximum absolute atomic E-state index is 9.47. The van der Waals surface area contributed by atoms with E-state index in [1.807, 2.05) is 54.6 Å². The van der Waals surface area contributed by atoms with Crippen LogP contribution in [0.4, 0.5) is 0 Å². The van der Waals surface area contributed by atoms with Crippen LogP contribution in [0.3, 0.4) is 0 Å². The first kappa shape index (κ1) is 16.0. The number of nitrogens with zero attached hydrogens (tertiary/aromatic N) is 1. The first-order valence-corrected chi connectivity index (χ1v) is 7.90. The average molecular weight is 320 g/mol. The van der Waals surface area contributed by atoms with Crippen LogP contribution in [-0.4, -0.2) is 10.1 Å². The van der Waals surface area contributed by atoms with Crippen LogP contribution in [0.25, 0.3) is 0 Å². The predicted molar refractivity (Wildman–Crippen MR) is 93.7 cm³/mol. The molecule has 0 radical (unpaired) electrons. The average Bonchev–Trinajstić information content (AvgIpc) is 2.61. The summed E-state index contributed by atoms with van der Waals surface area (Å²) in [7, 11) is 0. The van der Waals surface area contributed by atoms with E-state index in [0.29, 0.717) is 25.6 Å². The minimum absolute atomic E-state index is 0.287. The highest BCUT2D eigenvalue weighted by atomic mass is 16.5. The molecule has 1 aromatic heterocycles. The van der Waals surface area contributed by atoms with Crippen molar-refractivity contribution in [3.05, 3.63) is 89.6 Å². The maximum atomic E-state index is 9.47. The molecule has 3 aromatic rings. The minimum atomic E-state index is 0.287. The highest BCUT2D eigenvalue weighted by Crippen LogP contribution is 2.13. The summed E-state index contributed by atoms with van der Waals surface area (Å²) in [6.07, 6.45) is 1.76. The number of hydrogen-bond acceptors (Lipinski definition) is 4. The summed E-state index contributed by atoms with van der Waals surface area (Å²) in [4.78, 5) is 4.25. The second kappa shape index (κ2) is 8.13. The summed E-state index contributed by atoms with van der Waals surface area (Å²) >= 11 is 0. The van der Waals surface area contributed by atoms with E-state index in [-0.39, 0.29) is 5.75 Å². The Morgan fingerprint density at radius 2 is 1.58 bits per heavy atom. The quantitative estimate of drug-likeness (QED) is 0.697. The van der Waals surface area contributed by atoms with Crippen LogP contribution >= 0.6 is 0 Å². The van der Waals surface area contributed by atoms with Crippen molar-refractivity contribution in [3.8, 4) is 11.6 Å². The lowest BCUT2D eigenvalue weighted by Gasteiger charge is -2.08. The van der Waals surface area contributed by atoms with E-state index in [1.165, 1.54) is 0 Å². The first-order chi connectivity index (χ1) is 11.8. The number of pyridine rings is 1. The van der Waals surface area contributed by atoms with Crippen molar-refractivity contribution in [1.29, 1.82) is 0 Å². The fourth-order valence-electron chi connectivity index (χ4n) is 2.39. The van der Waals surface area contributed by atoms with Gasteiger partial charge in [0.15, 0.2) is 0 Å². The van der Waals surface area contributed by atoms with E-state index < -0.39 is 0 Å². The molecular formula is C20H20N2O2. The van der Waals surface area contributed by atoms with Gasteiger partial charge in [-0.1, -0.05) is 42.5 Å². The molecule has 122 valence electrons. The van der Waals surface area contributed by atoms with Gasteiger partial charge in [-0.3, -0.25) is 0 Å². The minimum Gasteiger partial charge on any atom is -0.508 e. The van der Waals surface area contributed by atoms with Gasteiger partial charge in [-0.05, 0) is 34.9 Å². The molecule has 0 atom stereocenters. The third kappa shape index (κ3) is 4.83. The van der Waals surface area contributed by atoms with Crippen LogP contribution in [0.2, 0.25) is 0 Å². The lowest BCUT2D eigenvalue weighted by atomic mass is 10.2. The number of phenols is 1. The zero-order valence-electron chi connectivity index (χ0n) is 13.4. The molecule has 0 saturated carbocycles. The lowest BCUT2D eigenvalue weighted by Crippen LogP contribution is -2.12. The van der Waals surface area contributed by atoms with E-state index in [4.69, 9.17) is 4.74 Å². The molecule has 3 rings (SSSR count). The zero-order chi connectivity index (χ0) is 16.6. The number of benzene rings is 2. The molecule has 1 heterocycles. The first-order valence-electron chi connectivity index (χ1n) is 7.90. The van der Waals surface area contributed by atoms with Crippen molar-refractivity contribution >= 4 is 0 Å². The number of aromatic nitrogens is 1. The van der Waals surface area contributed by atoms with Crippen LogP contribution < -0.4 is 10.1 Å². The van der Waals surface area contributed by atoms with Gasteiger partial charge >= 0.3 is 0 Å². The molecule has 0 saturated heterocycles. The molecule has 0 aliphatic rings. The normalized spacial score (nSPS) is 10.5. The van der Waals surface area contributed by atoms with Gasteiger partial charge in [0.05, 0.1) is 0 Å². The van der Waals surface area contributed by atoms with E-state index >= 15 is 0 Å². The molecule has 0 aliphatic carbocycles. The fourth-order valence-corrected chi connectivity index (χ4v) is 2.39. The maximum Gasteiger partial charge on any atom is 0.213 e. The Hall–Kier alpha value is -2.85. The van der Waals surface area contributed by atoms with Crippen molar-refractivity contribution in [2.75, 3.05) is 0 Å². The number of phenolic OH excluding ortho intramolecular Hbond substituents is 1. The Balaban J connectivity index is 1.51. The van der Waals surface area contributed by atoms with Crippen LogP contribution in [0, 0.1) is 0 Å². The number of aromatic hydroxyl groups is 1. The second-order valence-electron chi connectivity index (χ2n) is 5.55. The monoisotopic (exact) mass is 320 g/mol. The van der Waals surface area contributed by atoms with Crippen molar-refractivity contribution in [2.45, 2.75) is 19.7 Å². The summed E-state index contributed by atoms with van der Waals surface area (Å²) < 4.78 is 5.74. The fraction of sp³-hybridized carbons (Fsp3) is 0.150. The Kier molecular flexibility index (Phi) is 5.43. The van der Waals surface area contributed by atoms with Gasteiger partial charge < -0.3 is 15.2 Å². The van der Waals surface area contributed by atoms with Gasteiger partial charge in [-0.2, -0.15) is 0 Å². The molecule has 4 heteroatoms. The zero-order valence-corrected chi connectivity index (χ0v) is 13.4. The van der Waals surface area contributed by atoms with E-state index in [0.717, 1.165) is 16.7 Å². The largest absolute Gasteiger partial charge is 0.508 e. The lowest BCUT2D eigenvalue weighted by molar-refractivity contribution is 0.293. The third-order valence-electron chi connectivity index (χ3n) is 3.60. The number of nitrogens with one attached hydrogen (secondary N) is 1. The Bertz CT molecular complexity index is 775. The van der Waals surface area contributed by atoms with Crippen LogP contribution in [0.15, 0.2) is 72.9 Å². The van der Waals surface area contributed by atoms with Crippen LogP contribution in [0.5, 0.6) is 11.6 Å². The van der Waals surface area contributed by atoms with Gasteiger partial charge in [0, 0.05) is 25.4 Å². The summed E-state index contributed by atoms with van der Waals surface area (Å²) in [6, 6.07) is 21.2. The van der Waals surface area contributed by atoms with E-state index in [1.54, 1.807) is 18.3 Å². The summed E-state index contributed by atoms with van der Waals surface area (Å²) in [5.74, 6) is 0.908. The van der Waals surface area contributed by atoms with Gasteiger partial charge in [0.1, 0.15) is 12.4 Å². The summed E-state index contributed by atoms with van der Waals surface area (Å²) in [5.41, 5.74) is 3.27. The summed E-state index contributed by atoms with van der Waals surface area (Å²) in [5, 5.41) is 12.8. The summed E-state index contributed by atoms with van der Waals surface area (Å²) in [6.45, 7) is 1.91. The molecule has 0 unspecified atom stereocenters. The number of ether oxygens (including phenoxy) is 1. The molecule has 2 aromatic carbocycles. The van der Waals surface area contributed by atoms with Gasteiger partial charge in [-0.25, -0.2) is 4.98 Å². The molecular weight excluding hydrogens is 300 g/mol. The van der Waals surface area contributed by atoms with E-state index in [2.05, 4.69) is 10.3 Å². The number of rotatable bonds is 7. The topological polar surface area (TPSA) is 54.4 Å². The third-order valence-corrected chi connectivity index (χ3v) is 3.60. The molecule has 0 fully saturated rings. The van der Waals surface area contributed by atoms with Crippen molar-refractivity contribution < 1.29 is 9.84 Å². The van der Waals surface area contributed by atoms with Crippen molar-refractivity contribution in [3.63, 3.8) is 0 Å². The SMILES string of the molecule is Oc1cccc(CNCc2ccnc(OCc3ccccc3)c2)c1. The molecule has 4 nitrogen and oxygen atoms in total. The molecule has 0 spiro atoms. The molecule has 2 N–H and O–H groups in total. The number of hydrogen-bond donors (Lipinski definition) is 2. The molecule has 0 amide bonds. The molecule has 0 aliphatic heterocycles. The predicted octanol–water partition coefficient (Wildman–Crippen LogP) is 3.66. The van der Waals surface area contributed by atoms with Crippen LogP contribution in [-0.2, 0) is 19.7 Å².